The smallest absolute Gasteiger partial charge is 0.338 e. The van der Waals surface area contributed by atoms with Gasteiger partial charge in [-0.3, -0.25) is 14.9 Å². The normalized spacial score (nSPS) is 11.0. The molecule has 0 unspecified atom stereocenters. The van der Waals surface area contributed by atoms with Gasteiger partial charge in [0, 0.05) is 13.2 Å². The van der Waals surface area contributed by atoms with Crippen molar-refractivity contribution >= 4 is 27.8 Å². The molecule has 0 aliphatic heterocycles. The number of hydrogen-bond donors (Lipinski definition) is 2. The summed E-state index contributed by atoms with van der Waals surface area (Å²) in [6, 6.07) is 8.19. The minimum Gasteiger partial charge on any atom is -0.452 e. The summed E-state index contributed by atoms with van der Waals surface area (Å²) in [5, 5.41) is 2.10. The zero-order valence-electron chi connectivity index (χ0n) is 14.1. The van der Waals surface area contributed by atoms with Crippen molar-refractivity contribution in [2.45, 2.75) is 4.90 Å². The summed E-state index contributed by atoms with van der Waals surface area (Å²) < 4.78 is 31.7. The second kappa shape index (κ2) is 7.93. The summed E-state index contributed by atoms with van der Waals surface area (Å²) in [7, 11) is -0.690. The molecule has 0 saturated heterocycles. The van der Waals surface area contributed by atoms with E-state index in [4.69, 9.17) is 4.74 Å². The van der Waals surface area contributed by atoms with Gasteiger partial charge in [-0.2, -0.15) is 0 Å². The third-order valence-corrected chi connectivity index (χ3v) is 4.86. The number of carbonyl (C=O) groups is 3. The number of carbonyl (C=O) groups excluding carboxylic acids is 3. The van der Waals surface area contributed by atoms with Crippen LogP contribution in [0.1, 0.15) is 20.8 Å². The van der Waals surface area contributed by atoms with E-state index in [-0.39, 0.29) is 16.2 Å². The second-order valence-corrected chi connectivity index (χ2v) is 7.08. The molecule has 10 heteroatoms. The predicted octanol–water partition coefficient (Wildman–Crippen LogP) is 0.0466. The fraction of sp³-hybridized carbons (Fsp3) is 0.188. The Hall–Kier alpha value is -2.98. The number of sulfonamides is 1. The van der Waals surface area contributed by atoms with E-state index in [1.165, 1.54) is 41.9 Å². The first-order chi connectivity index (χ1) is 12.2. The van der Waals surface area contributed by atoms with Crippen LogP contribution in [0.3, 0.4) is 0 Å². The van der Waals surface area contributed by atoms with Crippen LogP contribution in [0.2, 0.25) is 0 Å². The van der Waals surface area contributed by atoms with E-state index >= 15 is 0 Å². The fourth-order valence-electron chi connectivity index (χ4n) is 2.03. The summed E-state index contributed by atoms with van der Waals surface area (Å²) in [4.78, 5) is 35.4. The van der Waals surface area contributed by atoms with E-state index in [9.17, 15) is 22.8 Å². The number of esters is 1. The highest BCUT2D eigenvalue weighted by atomic mass is 32.2. The van der Waals surface area contributed by atoms with E-state index in [0.717, 1.165) is 0 Å². The Bertz CT molecular complexity index is 931. The van der Waals surface area contributed by atoms with E-state index in [1.807, 2.05) is 0 Å². The maximum atomic E-state index is 11.9. The van der Waals surface area contributed by atoms with Crippen LogP contribution >= 0.6 is 0 Å². The number of aryl methyl sites for hydroxylation is 1. The number of imide groups is 1. The van der Waals surface area contributed by atoms with Crippen LogP contribution < -0.4 is 10.0 Å². The number of benzene rings is 1. The van der Waals surface area contributed by atoms with Crippen molar-refractivity contribution in [1.82, 2.24) is 14.6 Å². The lowest BCUT2D eigenvalue weighted by Crippen LogP contribution is -2.35. The third kappa shape index (κ3) is 4.55. The van der Waals surface area contributed by atoms with Crippen molar-refractivity contribution in [2.75, 3.05) is 13.7 Å². The minimum absolute atomic E-state index is 0.0116. The van der Waals surface area contributed by atoms with Gasteiger partial charge in [-0.15, -0.1) is 0 Å². The van der Waals surface area contributed by atoms with Crippen molar-refractivity contribution < 1.29 is 27.5 Å². The Morgan fingerprint density at radius 1 is 1.12 bits per heavy atom. The summed E-state index contributed by atoms with van der Waals surface area (Å²) in [5.41, 5.74) is 0.354. The van der Waals surface area contributed by atoms with E-state index in [0.29, 0.717) is 0 Å². The Labute approximate surface area is 150 Å². The van der Waals surface area contributed by atoms with Crippen LogP contribution in [0.5, 0.6) is 0 Å². The quantitative estimate of drug-likeness (QED) is 0.684. The molecule has 2 aromatic rings. The Morgan fingerprint density at radius 2 is 1.77 bits per heavy atom. The van der Waals surface area contributed by atoms with Gasteiger partial charge in [0.15, 0.2) is 6.61 Å². The predicted molar refractivity (Wildman–Crippen MR) is 90.9 cm³/mol. The lowest BCUT2D eigenvalue weighted by Gasteiger charge is -2.07. The molecule has 1 aromatic carbocycles. The number of rotatable bonds is 6. The Kier molecular flexibility index (Phi) is 5.90. The second-order valence-electron chi connectivity index (χ2n) is 5.19. The topological polar surface area (TPSA) is 124 Å². The van der Waals surface area contributed by atoms with Gasteiger partial charge in [0.1, 0.15) is 5.69 Å². The summed E-state index contributed by atoms with van der Waals surface area (Å²) in [5.74, 6) is -2.21. The molecule has 2 rings (SSSR count). The van der Waals surface area contributed by atoms with Crippen molar-refractivity contribution in [3.05, 3.63) is 53.9 Å². The minimum atomic E-state index is -3.61. The first-order valence-corrected chi connectivity index (χ1v) is 8.89. The molecule has 1 heterocycles. The third-order valence-electron chi connectivity index (χ3n) is 3.43. The van der Waals surface area contributed by atoms with Crippen LogP contribution in [0, 0.1) is 0 Å². The molecule has 2 amide bonds. The molecule has 9 nitrogen and oxygen atoms in total. The molecule has 0 atom stereocenters. The standard InChI is InChI=1S/C16H17N3O6S/c1-17-26(23,24)12-7-5-11(6-8-12)16(22)25-10-14(20)18-15(21)13-4-3-9-19(13)2/h3-9,17H,10H2,1-2H3,(H,18,20,21). The van der Waals surface area contributed by atoms with Gasteiger partial charge in [0.2, 0.25) is 10.0 Å². The zero-order chi connectivity index (χ0) is 19.3. The summed E-state index contributed by atoms with van der Waals surface area (Å²) >= 11 is 0. The first kappa shape index (κ1) is 19.3. The fourth-order valence-corrected chi connectivity index (χ4v) is 2.76. The molecular weight excluding hydrogens is 362 g/mol. The lowest BCUT2D eigenvalue weighted by molar-refractivity contribution is -0.123. The van der Waals surface area contributed by atoms with E-state index < -0.39 is 34.4 Å². The molecule has 0 bridgehead atoms. The summed E-state index contributed by atoms with van der Waals surface area (Å²) in [6.07, 6.45) is 1.65. The Balaban J connectivity index is 1.91. The molecule has 0 aliphatic carbocycles. The molecule has 0 radical (unpaired) electrons. The number of hydrogen-bond acceptors (Lipinski definition) is 6. The highest BCUT2D eigenvalue weighted by Crippen LogP contribution is 2.11. The zero-order valence-corrected chi connectivity index (χ0v) is 14.9. The largest absolute Gasteiger partial charge is 0.452 e. The van der Waals surface area contributed by atoms with Crippen molar-refractivity contribution in [1.29, 1.82) is 0 Å². The van der Waals surface area contributed by atoms with Crippen LogP contribution in [-0.4, -0.2) is 44.4 Å². The molecule has 0 aliphatic rings. The van der Waals surface area contributed by atoms with E-state index in [2.05, 4.69) is 10.0 Å². The average Bonchev–Trinajstić information content (AvgIpc) is 3.06. The molecule has 0 saturated carbocycles. The molecule has 2 N–H and O–H groups in total. The van der Waals surface area contributed by atoms with Gasteiger partial charge in [-0.05, 0) is 43.4 Å². The molecule has 26 heavy (non-hydrogen) atoms. The van der Waals surface area contributed by atoms with Crippen LogP contribution in [-0.2, 0) is 26.6 Å². The lowest BCUT2D eigenvalue weighted by atomic mass is 10.2. The molecular formula is C16H17N3O6S. The van der Waals surface area contributed by atoms with Gasteiger partial charge in [-0.1, -0.05) is 0 Å². The first-order valence-electron chi connectivity index (χ1n) is 7.41. The molecule has 0 fully saturated rings. The summed E-state index contributed by atoms with van der Waals surface area (Å²) in [6.45, 7) is -0.647. The van der Waals surface area contributed by atoms with Crippen molar-refractivity contribution in [2.24, 2.45) is 7.05 Å². The molecule has 0 spiro atoms. The number of aromatic nitrogens is 1. The van der Waals surface area contributed by atoms with Crippen molar-refractivity contribution in [3.63, 3.8) is 0 Å². The van der Waals surface area contributed by atoms with Crippen molar-refractivity contribution in [3.8, 4) is 0 Å². The van der Waals surface area contributed by atoms with Gasteiger partial charge in [0.05, 0.1) is 10.5 Å². The Morgan fingerprint density at radius 3 is 2.31 bits per heavy atom. The highest BCUT2D eigenvalue weighted by Gasteiger charge is 2.16. The maximum Gasteiger partial charge on any atom is 0.338 e. The van der Waals surface area contributed by atoms with Crippen LogP contribution in [0.25, 0.3) is 0 Å². The number of amides is 2. The van der Waals surface area contributed by atoms with Gasteiger partial charge in [0.25, 0.3) is 11.8 Å². The number of nitrogens with one attached hydrogen (secondary N) is 2. The maximum absolute atomic E-state index is 11.9. The highest BCUT2D eigenvalue weighted by molar-refractivity contribution is 7.89. The number of nitrogens with zero attached hydrogens (tertiary/aromatic N) is 1. The average molecular weight is 379 g/mol. The molecule has 138 valence electrons. The van der Waals surface area contributed by atoms with Crippen LogP contribution in [0.4, 0.5) is 0 Å². The van der Waals surface area contributed by atoms with Gasteiger partial charge >= 0.3 is 5.97 Å². The number of ether oxygens (including phenoxy) is 1. The van der Waals surface area contributed by atoms with Gasteiger partial charge in [-0.25, -0.2) is 17.9 Å². The molecule has 1 aromatic heterocycles. The monoisotopic (exact) mass is 379 g/mol. The van der Waals surface area contributed by atoms with Crippen LogP contribution in [0.15, 0.2) is 47.5 Å². The SMILES string of the molecule is CNS(=O)(=O)c1ccc(C(=O)OCC(=O)NC(=O)c2cccn2C)cc1. The van der Waals surface area contributed by atoms with E-state index in [1.54, 1.807) is 19.3 Å². The van der Waals surface area contributed by atoms with Gasteiger partial charge < -0.3 is 9.30 Å².